The molecule has 0 amide bonds. The number of pyridine rings is 1. The van der Waals surface area contributed by atoms with Crippen molar-refractivity contribution in [2.24, 2.45) is 0 Å². The number of carbonyl (C=O) groups is 2. The molecule has 0 spiro atoms. The first-order valence-electron chi connectivity index (χ1n) is 8.31. The Labute approximate surface area is 147 Å². The van der Waals surface area contributed by atoms with Crippen molar-refractivity contribution >= 4 is 11.9 Å². The van der Waals surface area contributed by atoms with Crippen molar-refractivity contribution in [3.8, 4) is 11.3 Å². The van der Waals surface area contributed by atoms with Crippen LogP contribution in [0, 0.1) is 0 Å². The molecule has 1 aliphatic rings. The zero-order valence-corrected chi connectivity index (χ0v) is 14.5. The van der Waals surface area contributed by atoms with Gasteiger partial charge in [0.1, 0.15) is 0 Å². The molecular weight excluding hydrogens is 318 g/mol. The Kier molecular flexibility index (Phi) is 4.83. The zero-order chi connectivity index (χ0) is 17.9. The van der Waals surface area contributed by atoms with Crippen molar-refractivity contribution in [2.45, 2.75) is 31.1 Å². The van der Waals surface area contributed by atoms with Gasteiger partial charge in [0, 0.05) is 30.0 Å². The van der Waals surface area contributed by atoms with Crippen molar-refractivity contribution < 1.29 is 19.1 Å². The maximum absolute atomic E-state index is 11.8. The summed E-state index contributed by atoms with van der Waals surface area (Å²) >= 11 is 0. The number of ether oxygens (including phenoxy) is 2. The lowest BCUT2D eigenvalue weighted by atomic mass is 9.71. The Hall–Kier alpha value is -2.69. The van der Waals surface area contributed by atoms with Crippen LogP contribution < -0.4 is 0 Å². The van der Waals surface area contributed by atoms with E-state index in [-0.39, 0.29) is 24.8 Å². The molecule has 5 heteroatoms. The monoisotopic (exact) mass is 339 g/mol. The number of benzene rings is 1. The fourth-order valence-electron chi connectivity index (χ4n) is 3.76. The highest BCUT2D eigenvalue weighted by molar-refractivity contribution is 5.79. The lowest BCUT2D eigenvalue weighted by molar-refractivity contribution is -0.141. The van der Waals surface area contributed by atoms with Gasteiger partial charge in [0.05, 0.1) is 19.9 Å². The van der Waals surface area contributed by atoms with E-state index >= 15 is 0 Å². The average Bonchev–Trinajstić information content (AvgIpc) is 2.95. The van der Waals surface area contributed by atoms with Crippen LogP contribution in [-0.2, 0) is 24.5 Å². The van der Waals surface area contributed by atoms with Crippen molar-refractivity contribution in [1.29, 1.82) is 0 Å². The third-order valence-corrected chi connectivity index (χ3v) is 4.99. The summed E-state index contributed by atoms with van der Waals surface area (Å²) in [6.07, 6.45) is 3.45. The molecular formula is C20H21NO4. The Bertz CT molecular complexity index is 732. The van der Waals surface area contributed by atoms with E-state index < -0.39 is 5.41 Å². The number of hydrogen-bond donors (Lipinski definition) is 0. The van der Waals surface area contributed by atoms with E-state index in [0.717, 1.165) is 22.4 Å². The fraction of sp³-hybridized carbons (Fsp3) is 0.350. The SMILES string of the molecule is COC(=O)CCC1(CCC(=O)OC)c2ccccc2-c2ncccc21. The molecule has 2 aromatic rings. The van der Waals surface area contributed by atoms with Crippen LogP contribution in [0.5, 0.6) is 0 Å². The predicted octanol–water partition coefficient (Wildman–Crippen LogP) is 3.25. The second-order valence-corrected chi connectivity index (χ2v) is 6.18. The Morgan fingerprint density at radius 1 is 0.920 bits per heavy atom. The molecule has 1 aromatic carbocycles. The summed E-state index contributed by atoms with van der Waals surface area (Å²) in [5, 5.41) is 0. The van der Waals surface area contributed by atoms with Crippen LogP contribution in [0.4, 0.5) is 0 Å². The van der Waals surface area contributed by atoms with E-state index in [4.69, 9.17) is 9.47 Å². The van der Waals surface area contributed by atoms with E-state index in [1.165, 1.54) is 14.2 Å². The standard InChI is InChI=1S/C20H21NO4/c1-24-17(22)9-11-20(12-10-18(23)25-2)15-7-4-3-6-14(15)19-16(20)8-5-13-21-19/h3-8,13H,9-12H2,1-2H3. The molecule has 0 N–H and O–H groups in total. The van der Waals surface area contributed by atoms with Crippen LogP contribution in [0.3, 0.4) is 0 Å². The van der Waals surface area contributed by atoms with Gasteiger partial charge in [-0.1, -0.05) is 30.3 Å². The van der Waals surface area contributed by atoms with Crippen LogP contribution >= 0.6 is 0 Å². The van der Waals surface area contributed by atoms with Crippen LogP contribution in [-0.4, -0.2) is 31.1 Å². The topological polar surface area (TPSA) is 65.5 Å². The van der Waals surface area contributed by atoms with Gasteiger partial charge in [0.15, 0.2) is 0 Å². The second kappa shape index (κ2) is 7.05. The van der Waals surface area contributed by atoms with E-state index in [1.54, 1.807) is 6.20 Å². The first kappa shape index (κ1) is 17.1. The highest BCUT2D eigenvalue weighted by atomic mass is 16.5. The highest BCUT2D eigenvalue weighted by Crippen LogP contribution is 2.52. The molecule has 3 rings (SSSR count). The summed E-state index contributed by atoms with van der Waals surface area (Å²) in [5.74, 6) is -0.514. The van der Waals surface area contributed by atoms with Gasteiger partial charge >= 0.3 is 11.9 Å². The maximum Gasteiger partial charge on any atom is 0.305 e. The maximum atomic E-state index is 11.8. The second-order valence-electron chi connectivity index (χ2n) is 6.18. The molecule has 0 unspecified atom stereocenters. The van der Waals surface area contributed by atoms with Crippen molar-refractivity contribution in [2.75, 3.05) is 14.2 Å². The van der Waals surface area contributed by atoms with Gasteiger partial charge in [0.2, 0.25) is 0 Å². The predicted molar refractivity (Wildman–Crippen MR) is 93.0 cm³/mol. The minimum atomic E-state index is -0.442. The summed E-state index contributed by atoms with van der Waals surface area (Å²) in [6.45, 7) is 0. The van der Waals surface area contributed by atoms with Crippen molar-refractivity contribution in [1.82, 2.24) is 4.98 Å². The molecule has 1 aliphatic carbocycles. The van der Waals surface area contributed by atoms with Gasteiger partial charge in [0.25, 0.3) is 0 Å². The number of nitrogens with zero attached hydrogens (tertiary/aromatic N) is 1. The Balaban J connectivity index is 2.08. The Morgan fingerprint density at radius 3 is 2.16 bits per heavy atom. The smallest absolute Gasteiger partial charge is 0.305 e. The number of methoxy groups -OCH3 is 2. The van der Waals surface area contributed by atoms with E-state index in [1.807, 2.05) is 30.3 Å². The number of carbonyl (C=O) groups excluding carboxylic acids is 2. The van der Waals surface area contributed by atoms with E-state index in [2.05, 4.69) is 11.1 Å². The molecule has 5 nitrogen and oxygen atoms in total. The zero-order valence-electron chi connectivity index (χ0n) is 14.5. The molecule has 0 radical (unpaired) electrons. The minimum absolute atomic E-state index is 0.257. The molecule has 0 bridgehead atoms. The molecule has 130 valence electrons. The summed E-state index contributed by atoms with van der Waals surface area (Å²) in [4.78, 5) is 28.2. The molecule has 0 saturated carbocycles. The third kappa shape index (κ3) is 3.02. The molecule has 0 aliphatic heterocycles. The van der Waals surface area contributed by atoms with Gasteiger partial charge in [-0.3, -0.25) is 14.6 Å². The van der Waals surface area contributed by atoms with Gasteiger partial charge < -0.3 is 9.47 Å². The summed E-state index contributed by atoms with van der Waals surface area (Å²) in [7, 11) is 2.78. The number of fused-ring (bicyclic) bond motifs is 3. The summed E-state index contributed by atoms with van der Waals surface area (Å²) in [6, 6.07) is 12.0. The van der Waals surface area contributed by atoms with E-state index in [0.29, 0.717) is 12.8 Å². The lowest BCUT2D eigenvalue weighted by Crippen LogP contribution is -2.28. The minimum Gasteiger partial charge on any atom is -0.469 e. The van der Waals surface area contributed by atoms with Crippen LogP contribution in [0.15, 0.2) is 42.6 Å². The van der Waals surface area contributed by atoms with Gasteiger partial charge in [-0.2, -0.15) is 0 Å². The van der Waals surface area contributed by atoms with Crippen LogP contribution in [0.1, 0.15) is 36.8 Å². The highest BCUT2D eigenvalue weighted by Gasteiger charge is 2.43. The summed E-state index contributed by atoms with van der Waals surface area (Å²) < 4.78 is 9.66. The lowest BCUT2D eigenvalue weighted by Gasteiger charge is -2.31. The normalized spacial score (nSPS) is 13.7. The molecule has 0 saturated heterocycles. The molecule has 1 heterocycles. The number of rotatable bonds is 6. The van der Waals surface area contributed by atoms with Crippen LogP contribution in [0.25, 0.3) is 11.3 Å². The average molecular weight is 339 g/mol. The fourth-order valence-corrected chi connectivity index (χ4v) is 3.76. The third-order valence-electron chi connectivity index (χ3n) is 4.99. The first-order valence-corrected chi connectivity index (χ1v) is 8.31. The summed E-state index contributed by atoms with van der Waals surface area (Å²) in [5.41, 5.74) is 3.71. The van der Waals surface area contributed by atoms with Gasteiger partial charge in [-0.05, 0) is 30.0 Å². The largest absolute Gasteiger partial charge is 0.469 e. The van der Waals surface area contributed by atoms with Gasteiger partial charge in [-0.25, -0.2) is 0 Å². The van der Waals surface area contributed by atoms with E-state index in [9.17, 15) is 9.59 Å². The first-order chi connectivity index (χ1) is 12.1. The molecule has 0 fully saturated rings. The number of esters is 2. The molecule has 25 heavy (non-hydrogen) atoms. The number of hydrogen-bond acceptors (Lipinski definition) is 5. The van der Waals surface area contributed by atoms with Gasteiger partial charge in [-0.15, -0.1) is 0 Å². The Morgan fingerprint density at radius 2 is 1.52 bits per heavy atom. The van der Waals surface area contributed by atoms with Crippen LogP contribution in [0.2, 0.25) is 0 Å². The van der Waals surface area contributed by atoms with Crippen molar-refractivity contribution in [3.05, 3.63) is 53.7 Å². The molecule has 0 atom stereocenters. The molecule has 1 aromatic heterocycles. The number of aromatic nitrogens is 1. The van der Waals surface area contributed by atoms with Crippen molar-refractivity contribution in [3.63, 3.8) is 0 Å². The quantitative estimate of drug-likeness (QED) is 0.756.